The van der Waals surface area contributed by atoms with Crippen molar-refractivity contribution in [1.29, 1.82) is 0 Å². The van der Waals surface area contributed by atoms with Crippen LogP contribution in [0.4, 0.5) is 0 Å². The van der Waals surface area contributed by atoms with Gasteiger partial charge in [0, 0.05) is 19.6 Å². The summed E-state index contributed by atoms with van der Waals surface area (Å²) in [5.41, 5.74) is 0. The molecule has 0 bridgehead atoms. The summed E-state index contributed by atoms with van der Waals surface area (Å²) in [6, 6.07) is 0. The van der Waals surface area contributed by atoms with E-state index in [0.717, 1.165) is 0 Å². The molecule has 1 atom stereocenters. The van der Waals surface area contributed by atoms with Crippen LogP contribution in [0.2, 0.25) is 0 Å². The Morgan fingerprint density at radius 3 is 1.85 bits per heavy atom. The Balaban J connectivity index is 4.19. The van der Waals surface area contributed by atoms with Crippen molar-refractivity contribution in [3.8, 4) is 0 Å². The zero-order chi connectivity index (χ0) is 15.4. The van der Waals surface area contributed by atoms with Crippen LogP contribution in [0.3, 0.4) is 0 Å². The minimum atomic E-state index is -0.903. The molecule has 0 saturated heterocycles. The molecular weight excluding hydrogens is 266 g/mol. The Hall–Kier alpha value is -1.18. The average Bonchev–Trinajstić information content (AvgIpc) is 2.42. The molecule has 0 aromatic carbocycles. The zero-order valence-electron chi connectivity index (χ0n) is 12.2. The number of carbonyl (C=O) groups excluding carboxylic acids is 2. The van der Waals surface area contributed by atoms with Gasteiger partial charge in [-0.25, -0.2) is 0 Å². The van der Waals surface area contributed by atoms with E-state index in [9.17, 15) is 14.7 Å². The maximum Gasteiger partial charge on any atom is 0.307 e. The summed E-state index contributed by atoms with van der Waals surface area (Å²) >= 11 is 0. The number of aliphatic hydroxyl groups is 2. The molecule has 0 unspecified atom stereocenters. The van der Waals surface area contributed by atoms with Crippen LogP contribution in [0.5, 0.6) is 0 Å². The van der Waals surface area contributed by atoms with E-state index in [4.69, 9.17) is 14.6 Å². The number of rotatable bonds is 11. The lowest BCUT2D eigenvalue weighted by Crippen LogP contribution is -2.37. The molecule has 0 aromatic rings. The van der Waals surface area contributed by atoms with Gasteiger partial charge in [-0.2, -0.15) is 0 Å². The lowest BCUT2D eigenvalue weighted by Gasteiger charge is -2.23. The molecule has 7 heteroatoms. The van der Waals surface area contributed by atoms with Gasteiger partial charge in [0.2, 0.25) is 0 Å². The quantitative estimate of drug-likeness (QED) is 0.498. The Morgan fingerprint density at radius 1 is 1.05 bits per heavy atom. The van der Waals surface area contributed by atoms with Crippen LogP contribution in [0.15, 0.2) is 0 Å². The zero-order valence-corrected chi connectivity index (χ0v) is 12.2. The van der Waals surface area contributed by atoms with E-state index in [1.54, 1.807) is 18.7 Å². The number of nitrogens with zero attached hydrogens (tertiary/aromatic N) is 1. The maximum absolute atomic E-state index is 11.3. The second-order valence-corrected chi connectivity index (χ2v) is 4.25. The average molecular weight is 291 g/mol. The molecule has 0 aliphatic rings. The number of esters is 2. The van der Waals surface area contributed by atoms with Gasteiger partial charge in [-0.3, -0.25) is 14.5 Å². The largest absolute Gasteiger partial charge is 0.466 e. The summed E-state index contributed by atoms with van der Waals surface area (Å²) in [6.45, 7) is 4.63. The Bertz CT molecular complexity index is 262. The first-order valence-electron chi connectivity index (χ1n) is 6.85. The molecule has 0 rings (SSSR count). The van der Waals surface area contributed by atoms with Crippen molar-refractivity contribution in [2.45, 2.75) is 32.8 Å². The first-order valence-corrected chi connectivity index (χ1v) is 6.85. The summed E-state index contributed by atoms with van der Waals surface area (Å²) < 4.78 is 9.64. The van der Waals surface area contributed by atoms with Gasteiger partial charge in [-0.15, -0.1) is 0 Å². The van der Waals surface area contributed by atoms with E-state index < -0.39 is 6.10 Å². The van der Waals surface area contributed by atoms with Crippen LogP contribution in [0, 0.1) is 0 Å². The Labute approximate surface area is 119 Å². The van der Waals surface area contributed by atoms with E-state index in [2.05, 4.69) is 0 Å². The first kappa shape index (κ1) is 18.8. The summed E-state index contributed by atoms with van der Waals surface area (Å²) in [7, 11) is 0. The lowest BCUT2D eigenvalue weighted by atomic mass is 10.2. The van der Waals surface area contributed by atoms with Gasteiger partial charge >= 0.3 is 11.9 Å². The highest BCUT2D eigenvalue weighted by atomic mass is 16.5. The van der Waals surface area contributed by atoms with Crippen LogP contribution >= 0.6 is 0 Å². The molecular formula is C13H25NO6. The minimum absolute atomic E-state index is 0.175. The van der Waals surface area contributed by atoms with Crippen LogP contribution in [-0.4, -0.2) is 72.6 Å². The third-order valence-corrected chi connectivity index (χ3v) is 2.55. The van der Waals surface area contributed by atoms with Gasteiger partial charge in [0.05, 0.1) is 38.8 Å². The smallest absolute Gasteiger partial charge is 0.307 e. The van der Waals surface area contributed by atoms with Gasteiger partial charge < -0.3 is 19.7 Å². The fourth-order valence-corrected chi connectivity index (χ4v) is 1.62. The van der Waals surface area contributed by atoms with Gasteiger partial charge in [0.25, 0.3) is 0 Å². The van der Waals surface area contributed by atoms with Crippen molar-refractivity contribution in [2.24, 2.45) is 0 Å². The second-order valence-electron chi connectivity index (χ2n) is 4.25. The predicted octanol–water partition coefficient (Wildman–Crippen LogP) is -0.452. The third-order valence-electron chi connectivity index (χ3n) is 2.55. The van der Waals surface area contributed by atoms with Gasteiger partial charge in [-0.05, 0) is 13.8 Å². The summed E-state index contributed by atoms with van der Waals surface area (Å²) in [6.07, 6.45) is -0.553. The molecule has 7 nitrogen and oxygen atoms in total. The van der Waals surface area contributed by atoms with E-state index in [0.29, 0.717) is 26.3 Å². The maximum atomic E-state index is 11.3. The SMILES string of the molecule is CCOC(=O)CCN(CCC(=O)OCC)C[C@H](O)CO. The van der Waals surface area contributed by atoms with Crippen LogP contribution in [-0.2, 0) is 19.1 Å². The van der Waals surface area contributed by atoms with Gasteiger partial charge in [-0.1, -0.05) is 0 Å². The van der Waals surface area contributed by atoms with Crippen molar-refractivity contribution >= 4 is 11.9 Å². The fraction of sp³-hybridized carbons (Fsp3) is 0.846. The van der Waals surface area contributed by atoms with Crippen LogP contribution < -0.4 is 0 Å². The molecule has 0 spiro atoms. The molecule has 0 saturated carbocycles. The molecule has 0 heterocycles. The second kappa shape index (κ2) is 11.6. The summed E-state index contributed by atoms with van der Waals surface area (Å²) in [5, 5.41) is 18.3. The van der Waals surface area contributed by atoms with Crippen molar-refractivity contribution in [3.63, 3.8) is 0 Å². The Morgan fingerprint density at radius 2 is 1.50 bits per heavy atom. The number of aliphatic hydroxyl groups excluding tert-OH is 2. The molecule has 0 radical (unpaired) electrons. The normalized spacial score (nSPS) is 12.2. The topological polar surface area (TPSA) is 96.3 Å². The molecule has 0 amide bonds. The predicted molar refractivity (Wildman–Crippen MR) is 72.0 cm³/mol. The van der Waals surface area contributed by atoms with E-state index in [1.807, 2.05) is 0 Å². The lowest BCUT2D eigenvalue weighted by molar-refractivity contribution is -0.143. The van der Waals surface area contributed by atoms with Gasteiger partial charge in [0.1, 0.15) is 0 Å². The standard InChI is InChI=1S/C13H25NO6/c1-3-19-12(17)5-7-14(9-11(16)10-15)8-6-13(18)20-4-2/h11,15-16H,3-10H2,1-2H3/t11-/m0/s1. The molecule has 118 valence electrons. The highest BCUT2D eigenvalue weighted by molar-refractivity contribution is 5.70. The fourth-order valence-electron chi connectivity index (χ4n) is 1.62. The van der Waals surface area contributed by atoms with Crippen LogP contribution in [0.25, 0.3) is 0 Å². The molecule has 2 N–H and O–H groups in total. The van der Waals surface area contributed by atoms with E-state index in [-0.39, 0.29) is 37.9 Å². The summed E-state index contributed by atoms with van der Waals surface area (Å²) in [5.74, 6) is -0.653. The highest BCUT2D eigenvalue weighted by Crippen LogP contribution is 2.00. The molecule has 0 aliphatic heterocycles. The highest BCUT2D eigenvalue weighted by Gasteiger charge is 2.15. The van der Waals surface area contributed by atoms with E-state index >= 15 is 0 Å². The Kier molecular flexibility index (Phi) is 10.9. The number of hydrogen-bond acceptors (Lipinski definition) is 7. The molecule has 0 aliphatic carbocycles. The van der Waals surface area contributed by atoms with Crippen molar-refractivity contribution in [2.75, 3.05) is 39.5 Å². The van der Waals surface area contributed by atoms with Crippen LogP contribution in [0.1, 0.15) is 26.7 Å². The number of hydrogen-bond donors (Lipinski definition) is 2. The van der Waals surface area contributed by atoms with Crippen molar-refractivity contribution < 1.29 is 29.3 Å². The monoisotopic (exact) mass is 291 g/mol. The molecule has 0 fully saturated rings. The first-order chi connectivity index (χ1) is 9.53. The molecule has 20 heavy (non-hydrogen) atoms. The summed E-state index contributed by atoms with van der Waals surface area (Å²) in [4.78, 5) is 24.3. The molecule has 0 aromatic heterocycles. The minimum Gasteiger partial charge on any atom is -0.466 e. The van der Waals surface area contributed by atoms with Gasteiger partial charge in [0.15, 0.2) is 0 Å². The van der Waals surface area contributed by atoms with Crippen molar-refractivity contribution in [3.05, 3.63) is 0 Å². The van der Waals surface area contributed by atoms with E-state index in [1.165, 1.54) is 0 Å². The number of carbonyl (C=O) groups is 2. The van der Waals surface area contributed by atoms with Crippen molar-refractivity contribution in [1.82, 2.24) is 4.90 Å². The number of ether oxygens (including phenoxy) is 2. The third kappa shape index (κ3) is 9.71.